The van der Waals surface area contributed by atoms with Crippen molar-refractivity contribution >= 4 is 11.9 Å². The summed E-state index contributed by atoms with van der Waals surface area (Å²) in [7, 11) is 1.51. The Bertz CT molecular complexity index is 1440. The molecular formula is C34H35NO6. The lowest BCUT2D eigenvalue weighted by molar-refractivity contribution is -0.141. The molecule has 0 fully saturated rings. The molecule has 0 bridgehead atoms. The number of aliphatic carboxylic acids is 1. The van der Waals surface area contributed by atoms with E-state index in [1.54, 1.807) is 12.1 Å². The van der Waals surface area contributed by atoms with Gasteiger partial charge in [0.25, 0.3) is 5.91 Å². The maximum Gasteiger partial charge on any atom is 0.306 e. The molecule has 0 aliphatic rings. The van der Waals surface area contributed by atoms with Crippen LogP contribution in [0.4, 0.5) is 0 Å². The van der Waals surface area contributed by atoms with Gasteiger partial charge >= 0.3 is 5.97 Å². The number of carboxylic acid groups (broad SMARTS) is 1. The number of carboxylic acids is 1. The van der Waals surface area contributed by atoms with E-state index in [2.05, 4.69) is 5.32 Å². The van der Waals surface area contributed by atoms with Crippen LogP contribution >= 0.6 is 0 Å². The molecule has 0 radical (unpaired) electrons. The molecule has 0 spiro atoms. The highest BCUT2D eigenvalue weighted by atomic mass is 16.5. The molecule has 4 aromatic carbocycles. The van der Waals surface area contributed by atoms with Gasteiger partial charge in [0.1, 0.15) is 18.1 Å². The van der Waals surface area contributed by atoms with Gasteiger partial charge in [0.15, 0.2) is 11.5 Å². The van der Waals surface area contributed by atoms with Gasteiger partial charge in [0.05, 0.1) is 18.6 Å². The van der Waals surface area contributed by atoms with Crippen LogP contribution in [0.25, 0.3) is 0 Å². The summed E-state index contributed by atoms with van der Waals surface area (Å²) in [6.45, 7) is 2.70. The number of hydrogen-bond acceptors (Lipinski definition) is 5. The second-order valence-corrected chi connectivity index (χ2v) is 9.71. The van der Waals surface area contributed by atoms with Crippen molar-refractivity contribution in [1.29, 1.82) is 0 Å². The molecule has 0 saturated heterocycles. The highest BCUT2D eigenvalue weighted by Crippen LogP contribution is 2.32. The van der Waals surface area contributed by atoms with Crippen molar-refractivity contribution in [2.45, 2.75) is 39.3 Å². The Morgan fingerprint density at radius 1 is 0.805 bits per heavy atom. The third kappa shape index (κ3) is 8.35. The Morgan fingerprint density at radius 3 is 2.17 bits per heavy atom. The number of carbonyl (C=O) groups is 2. The van der Waals surface area contributed by atoms with Gasteiger partial charge in [-0.2, -0.15) is 0 Å². The molecule has 2 N–H and O–H groups in total. The van der Waals surface area contributed by atoms with E-state index in [0.29, 0.717) is 54.6 Å². The fourth-order valence-corrected chi connectivity index (χ4v) is 4.47. The number of nitrogens with one attached hydrogen (secondary N) is 1. The Labute approximate surface area is 240 Å². The Kier molecular flexibility index (Phi) is 10.4. The van der Waals surface area contributed by atoms with Crippen LogP contribution in [0.2, 0.25) is 0 Å². The first kappa shape index (κ1) is 29.2. The second-order valence-electron chi connectivity index (χ2n) is 9.71. The van der Waals surface area contributed by atoms with Gasteiger partial charge < -0.3 is 24.6 Å². The molecule has 0 aliphatic carbocycles. The van der Waals surface area contributed by atoms with Crippen LogP contribution in [0.1, 0.15) is 46.8 Å². The van der Waals surface area contributed by atoms with E-state index >= 15 is 0 Å². The summed E-state index contributed by atoms with van der Waals surface area (Å²) < 4.78 is 17.5. The summed E-state index contributed by atoms with van der Waals surface area (Å²) in [5.41, 5.74) is 3.12. The van der Waals surface area contributed by atoms with Gasteiger partial charge in [-0.15, -0.1) is 0 Å². The highest BCUT2D eigenvalue weighted by Gasteiger charge is 2.19. The number of rotatable bonds is 14. The second kappa shape index (κ2) is 14.6. The molecule has 0 heterocycles. The van der Waals surface area contributed by atoms with Gasteiger partial charge in [0.2, 0.25) is 0 Å². The third-order valence-corrected chi connectivity index (χ3v) is 6.67. The summed E-state index contributed by atoms with van der Waals surface area (Å²) in [6.07, 6.45) is 1.71. The molecule has 1 atom stereocenters. The number of carbonyl (C=O) groups excluding carboxylic acids is 1. The summed E-state index contributed by atoms with van der Waals surface area (Å²) >= 11 is 0. The van der Waals surface area contributed by atoms with E-state index in [1.807, 2.05) is 91.9 Å². The number of benzene rings is 4. The van der Waals surface area contributed by atoms with Gasteiger partial charge in [0, 0.05) is 6.54 Å². The topological polar surface area (TPSA) is 94.1 Å². The Morgan fingerprint density at radius 2 is 1.49 bits per heavy atom. The minimum atomic E-state index is -0.829. The van der Waals surface area contributed by atoms with Gasteiger partial charge in [-0.05, 0) is 65.9 Å². The normalized spacial score (nSPS) is 11.4. The van der Waals surface area contributed by atoms with Crippen molar-refractivity contribution < 1.29 is 28.9 Å². The minimum Gasteiger partial charge on any atom is -0.496 e. The minimum absolute atomic E-state index is 0.295. The zero-order chi connectivity index (χ0) is 29.0. The zero-order valence-electron chi connectivity index (χ0n) is 23.3. The van der Waals surface area contributed by atoms with Crippen LogP contribution in [0.15, 0.2) is 97.1 Å². The quantitative estimate of drug-likeness (QED) is 0.174. The van der Waals surface area contributed by atoms with Crippen molar-refractivity contribution in [2.75, 3.05) is 7.11 Å². The predicted molar refractivity (Wildman–Crippen MR) is 158 cm³/mol. The van der Waals surface area contributed by atoms with E-state index in [4.69, 9.17) is 14.2 Å². The summed E-state index contributed by atoms with van der Waals surface area (Å²) in [6, 6.07) is 30.2. The molecule has 0 saturated carbocycles. The molecule has 1 unspecified atom stereocenters. The van der Waals surface area contributed by atoms with Gasteiger partial charge in [-0.25, -0.2) is 0 Å². The highest BCUT2D eigenvalue weighted by molar-refractivity contribution is 5.97. The fourth-order valence-electron chi connectivity index (χ4n) is 4.47. The molecular weight excluding hydrogens is 518 g/mol. The monoisotopic (exact) mass is 553 g/mol. The molecule has 1 amide bonds. The zero-order valence-corrected chi connectivity index (χ0v) is 23.3. The number of amides is 1. The maximum atomic E-state index is 13.1. The molecule has 0 aromatic heterocycles. The van der Waals surface area contributed by atoms with Crippen molar-refractivity contribution in [2.24, 2.45) is 5.92 Å². The maximum absolute atomic E-state index is 13.1. The van der Waals surface area contributed by atoms with Crippen molar-refractivity contribution in [1.82, 2.24) is 5.32 Å². The van der Waals surface area contributed by atoms with Gasteiger partial charge in [-0.1, -0.05) is 74.0 Å². The van der Waals surface area contributed by atoms with E-state index in [1.165, 1.54) is 7.11 Å². The van der Waals surface area contributed by atoms with Crippen LogP contribution in [0.5, 0.6) is 23.0 Å². The predicted octanol–water partition coefficient (Wildman–Crippen LogP) is 7.04. The Balaban J connectivity index is 1.37. The summed E-state index contributed by atoms with van der Waals surface area (Å²) in [5, 5.41) is 12.5. The molecule has 4 aromatic rings. The van der Waals surface area contributed by atoms with E-state index in [9.17, 15) is 14.7 Å². The average Bonchev–Trinajstić information content (AvgIpc) is 3.00. The molecule has 7 nitrogen and oxygen atoms in total. The first-order chi connectivity index (χ1) is 20.0. The summed E-state index contributed by atoms with van der Waals surface area (Å²) in [5.74, 6) is 0.720. The van der Waals surface area contributed by atoms with Crippen molar-refractivity contribution in [3.8, 4) is 23.0 Å². The van der Waals surface area contributed by atoms with Crippen LogP contribution < -0.4 is 19.5 Å². The molecule has 41 heavy (non-hydrogen) atoms. The Hall–Kier alpha value is -4.78. The molecule has 212 valence electrons. The average molecular weight is 554 g/mol. The number of ether oxygens (including phenoxy) is 3. The van der Waals surface area contributed by atoms with Crippen molar-refractivity contribution in [3.05, 3.63) is 119 Å². The van der Waals surface area contributed by atoms with Crippen LogP contribution in [0, 0.1) is 5.92 Å². The van der Waals surface area contributed by atoms with E-state index < -0.39 is 11.9 Å². The molecule has 4 rings (SSSR count). The van der Waals surface area contributed by atoms with Crippen LogP contribution in [0.3, 0.4) is 0 Å². The lowest BCUT2D eigenvalue weighted by atomic mass is 9.94. The lowest BCUT2D eigenvalue weighted by Crippen LogP contribution is -2.24. The summed E-state index contributed by atoms with van der Waals surface area (Å²) in [4.78, 5) is 24.7. The fraction of sp³-hybridized carbons (Fsp3) is 0.235. The first-order valence-electron chi connectivity index (χ1n) is 13.7. The number of para-hydroxylation sites is 2. The smallest absolute Gasteiger partial charge is 0.306 e. The standard InChI is InChI=1S/C34H35NO6/c1-3-9-27(34(37)38)20-26-16-19-30(39-2)29(21-26)33(36)35-22-24-14-17-28(18-15-24)41-32-13-8-7-12-31(32)40-23-25-10-5-4-6-11-25/h4-8,10-19,21,27H,3,9,20,22-23H2,1-2H3,(H,35,36)(H,37,38). The van der Waals surface area contributed by atoms with Crippen LogP contribution in [-0.4, -0.2) is 24.1 Å². The number of hydrogen-bond donors (Lipinski definition) is 2. The molecule has 0 aliphatic heterocycles. The lowest BCUT2D eigenvalue weighted by Gasteiger charge is -2.15. The largest absolute Gasteiger partial charge is 0.496 e. The van der Waals surface area contributed by atoms with E-state index in [-0.39, 0.29) is 5.91 Å². The van der Waals surface area contributed by atoms with E-state index in [0.717, 1.165) is 23.1 Å². The first-order valence-corrected chi connectivity index (χ1v) is 13.7. The third-order valence-electron chi connectivity index (χ3n) is 6.67. The van der Waals surface area contributed by atoms with Crippen molar-refractivity contribution in [3.63, 3.8) is 0 Å². The van der Waals surface area contributed by atoms with Crippen LogP contribution in [-0.2, 0) is 24.4 Å². The molecule has 7 heteroatoms. The number of methoxy groups -OCH3 is 1. The SMILES string of the molecule is CCCC(Cc1ccc(OC)c(C(=O)NCc2ccc(Oc3ccccc3OCc3ccccc3)cc2)c1)C(=O)O. The van der Waals surface area contributed by atoms with Gasteiger partial charge in [-0.3, -0.25) is 9.59 Å².